The summed E-state index contributed by atoms with van der Waals surface area (Å²) in [6.07, 6.45) is 0. The highest BCUT2D eigenvalue weighted by Gasteiger charge is 2.09. The maximum absolute atomic E-state index is 8.54. The zero-order valence-corrected chi connectivity index (χ0v) is 7.00. The standard InChI is InChI=1S/C5H5N5OS/c1-11-9-3(2-6)4-8-5(7)12-10-4/h1H3,(H2,7,8,10). The SMILES string of the molecule is CON=C(C#N)c1nsc(N)n1. The largest absolute Gasteiger partial charge is 0.398 e. The molecule has 1 heterocycles. The highest BCUT2D eigenvalue weighted by Crippen LogP contribution is 2.06. The molecule has 0 unspecified atom stereocenters. The van der Waals surface area contributed by atoms with Crippen LogP contribution in [0.2, 0.25) is 0 Å². The van der Waals surface area contributed by atoms with Crippen LogP contribution in [-0.4, -0.2) is 22.2 Å². The van der Waals surface area contributed by atoms with E-state index in [0.29, 0.717) is 5.13 Å². The molecule has 0 saturated carbocycles. The van der Waals surface area contributed by atoms with E-state index in [9.17, 15) is 0 Å². The quantitative estimate of drug-likeness (QED) is 0.514. The van der Waals surface area contributed by atoms with Crippen molar-refractivity contribution in [3.63, 3.8) is 0 Å². The van der Waals surface area contributed by atoms with Crippen molar-refractivity contribution in [3.8, 4) is 6.07 Å². The van der Waals surface area contributed by atoms with Gasteiger partial charge in [-0.05, 0) is 0 Å². The zero-order chi connectivity index (χ0) is 8.97. The molecule has 2 N–H and O–H groups in total. The average molecular weight is 183 g/mol. The second-order valence-corrected chi connectivity index (χ2v) is 2.47. The fourth-order valence-electron chi connectivity index (χ4n) is 0.534. The summed E-state index contributed by atoms with van der Waals surface area (Å²) in [5, 5.41) is 12.2. The molecule has 1 aromatic heterocycles. The number of aromatic nitrogens is 2. The number of nitrogen functional groups attached to an aromatic ring is 1. The molecule has 0 aliphatic carbocycles. The highest BCUT2D eigenvalue weighted by molar-refractivity contribution is 7.09. The second kappa shape index (κ2) is 3.64. The molecule has 1 aromatic rings. The molecule has 6 nitrogen and oxygen atoms in total. The third kappa shape index (κ3) is 1.67. The van der Waals surface area contributed by atoms with Crippen LogP contribution in [0.15, 0.2) is 5.16 Å². The van der Waals surface area contributed by atoms with E-state index in [1.807, 2.05) is 0 Å². The maximum atomic E-state index is 8.54. The Labute approximate surface area is 72.4 Å². The molecule has 0 saturated heterocycles. The molecule has 0 amide bonds. The van der Waals surface area contributed by atoms with Crippen LogP contribution in [0.25, 0.3) is 0 Å². The Hall–Kier alpha value is -1.68. The van der Waals surface area contributed by atoms with Crippen LogP contribution in [0.3, 0.4) is 0 Å². The van der Waals surface area contributed by atoms with Crippen molar-refractivity contribution in [2.24, 2.45) is 5.16 Å². The average Bonchev–Trinajstić information content (AvgIpc) is 2.47. The van der Waals surface area contributed by atoms with Crippen LogP contribution in [0.1, 0.15) is 5.82 Å². The molecule has 0 aliphatic rings. The van der Waals surface area contributed by atoms with Gasteiger partial charge in [0.2, 0.25) is 11.5 Å². The smallest absolute Gasteiger partial charge is 0.225 e. The van der Waals surface area contributed by atoms with Gasteiger partial charge in [0, 0.05) is 11.5 Å². The summed E-state index contributed by atoms with van der Waals surface area (Å²) in [6.45, 7) is 0. The minimum absolute atomic E-state index is 0.0189. The fraction of sp³-hybridized carbons (Fsp3) is 0.200. The van der Waals surface area contributed by atoms with E-state index < -0.39 is 0 Å². The Morgan fingerprint density at radius 3 is 3.00 bits per heavy atom. The van der Waals surface area contributed by atoms with Gasteiger partial charge >= 0.3 is 0 Å². The molecular formula is C5H5N5OS. The first-order chi connectivity index (χ1) is 5.77. The molecule has 0 radical (unpaired) electrons. The summed E-state index contributed by atoms with van der Waals surface area (Å²) in [6, 6.07) is 1.78. The lowest BCUT2D eigenvalue weighted by Gasteiger charge is -1.87. The van der Waals surface area contributed by atoms with Crippen molar-refractivity contribution in [1.82, 2.24) is 9.36 Å². The number of nitrogens with zero attached hydrogens (tertiary/aromatic N) is 4. The minimum atomic E-state index is 0.0189. The molecule has 0 atom stereocenters. The van der Waals surface area contributed by atoms with E-state index in [4.69, 9.17) is 11.0 Å². The third-order valence-electron chi connectivity index (χ3n) is 0.942. The number of oxime groups is 1. The number of hydrogen-bond acceptors (Lipinski definition) is 7. The van der Waals surface area contributed by atoms with Crippen LogP contribution in [0.4, 0.5) is 5.13 Å². The van der Waals surface area contributed by atoms with Crippen LogP contribution in [0.5, 0.6) is 0 Å². The van der Waals surface area contributed by atoms with Gasteiger partial charge in [-0.3, -0.25) is 0 Å². The molecular weight excluding hydrogens is 178 g/mol. The maximum Gasteiger partial charge on any atom is 0.225 e. The van der Waals surface area contributed by atoms with Gasteiger partial charge in [-0.15, -0.1) is 0 Å². The van der Waals surface area contributed by atoms with Crippen LogP contribution >= 0.6 is 11.5 Å². The van der Waals surface area contributed by atoms with Gasteiger partial charge in [-0.2, -0.15) is 14.6 Å². The van der Waals surface area contributed by atoms with E-state index in [0.717, 1.165) is 11.5 Å². The summed E-state index contributed by atoms with van der Waals surface area (Å²) >= 11 is 1.00. The van der Waals surface area contributed by atoms with E-state index in [2.05, 4.69) is 19.4 Å². The van der Waals surface area contributed by atoms with Crippen molar-refractivity contribution in [1.29, 1.82) is 5.26 Å². The zero-order valence-electron chi connectivity index (χ0n) is 6.18. The number of hydrogen-bond donors (Lipinski definition) is 1. The number of nitrogens with two attached hydrogens (primary N) is 1. The van der Waals surface area contributed by atoms with Crippen molar-refractivity contribution in [2.45, 2.75) is 0 Å². The summed E-state index contributed by atoms with van der Waals surface area (Å²) < 4.78 is 3.78. The monoisotopic (exact) mass is 183 g/mol. The van der Waals surface area contributed by atoms with Gasteiger partial charge in [0.15, 0.2) is 5.13 Å². The summed E-state index contributed by atoms with van der Waals surface area (Å²) in [4.78, 5) is 8.16. The van der Waals surface area contributed by atoms with Gasteiger partial charge in [0.05, 0.1) is 0 Å². The normalized spacial score (nSPS) is 10.8. The molecule has 7 heteroatoms. The number of rotatable bonds is 2. The summed E-state index contributed by atoms with van der Waals surface area (Å²) in [7, 11) is 1.34. The first-order valence-electron chi connectivity index (χ1n) is 2.88. The third-order valence-corrected chi connectivity index (χ3v) is 1.48. The first kappa shape index (κ1) is 8.42. The van der Waals surface area contributed by atoms with E-state index in [1.165, 1.54) is 7.11 Å². The van der Waals surface area contributed by atoms with Crippen molar-refractivity contribution in [2.75, 3.05) is 12.8 Å². The van der Waals surface area contributed by atoms with Gasteiger partial charge in [-0.25, -0.2) is 0 Å². The summed E-state index contributed by atoms with van der Waals surface area (Å²) in [5.41, 5.74) is 5.33. The summed E-state index contributed by atoms with van der Waals surface area (Å²) in [5.74, 6) is 0.196. The molecule has 62 valence electrons. The second-order valence-electron chi connectivity index (χ2n) is 1.69. The van der Waals surface area contributed by atoms with Crippen LogP contribution < -0.4 is 5.73 Å². The predicted octanol–water partition coefficient (Wildman–Crippen LogP) is -0.00562. The Morgan fingerprint density at radius 2 is 2.58 bits per heavy atom. The number of nitriles is 1. The van der Waals surface area contributed by atoms with Gasteiger partial charge in [0.1, 0.15) is 13.2 Å². The Morgan fingerprint density at radius 1 is 1.83 bits per heavy atom. The van der Waals surface area contributed by atoms with E-state index in [-0.39, 0.29) is 11.5 Å². The van der Waals surface area contributed by atoms with E-state index >= 15 is 0 Å². The van der Waals surface area contributed by atoms with Crippen molar-refractivity contribution >= 4 is 22.4 Å². The van der Waals surface area contributed by atoms with Crippen LogP contribution in [-0.2, 0) is 4.84 Å². The number of anilines is 1. The van der Waals surface area contributed by atoms with Crippen molar-refractivity contribution in [3.05, 3.63) is 5.82 Å². The Bertz CT molecular complexity index is 338. The molecule has 0 aromatic carbocycles. The van der Waals surface area contributed by atoms with E-state index in [1.54, 1.807) is 6.07 Å². The lowest BCUT2D eigenvalue weighted by atomic mass is 10.4. The van der Waals surface area contributed by atoms with Gasteiger partial charge < -0.3 is 10.6 Å². The molecule has 0 fully saturated rings. The predicted molar refractivity (Wildman–Crippen MR) is 43.5 cm³/mol. The lowest BCUT2D eigenvalue weighted by molar-refractivity contribution is 0.214. The molecule has 12 heavy (non-hydrogen) atoms. The first-order valence-corrected chi connectivity index (χ1v) is 3.66. The molecule has 0 aliphatic heterocycles. The van der Waals surface area contributed by atoms with Gasteiger partial charge in [0.25, 0.3) is 0 Å². The van der Waals surface area contributed by atoms with Crippen molar-refractivity contribution < 1.29 is 4.84 Å². The molecule has 0 bridgehead atoms. The van der Waals surface area contributed by atoms with Crippen LogP contribution in [0, 0.1) is 11.3 Å². The lowest BCUT2D eigenvalue weighted by Crippen LogP contribution is -2.00. The Kier molecular flexibility index (Phi) is 2.55. The highest BCUT2D eigenvalue weighted by atomic mass is 32.1. The molecule has 0 spiro atoms. The topological polar surface area (TPSA) is 97.2 Å². The molecule has 1 rings (SSSR count). The fourth-order valence-corrected chi connectivity index (χ4v) is 0.968. The van der Waals surface area contributed by atoms with Gasteiger partial charge in [-0.1, -0.05) is 5.16 Å². The Balaban J connectivity index is 2.97. The minimum Gasteiger partial charge on any atom is -0.398 e.